The Labute approximate surface area is 172 Å². The van der Waals surface area contributed by atoms with Gasteiger partial charge in [-0.2, -0.15) is 23.7 Å². The van der Waals surface area contributed by atoms with Gasteiger partial charge in [0, 0.05) is 11.3 Å². The Morgan fingerprint density at radius 3 is 2.62 bits per heavy atom. The van der Waals surface area contributed by atoms with Crippen LogP contribution in [0.3, 0.4) is 0 Å². The van der Waals surface area contributed by atoms with Gasteiger partial charge in [-0.3, -0.25) is 9.20 Å². The second kappa shape index (κ2) is 8.27. The molecule has 1 aromatic carbocycles. The van der Waals surface area contributed by atoms with Crippen molar-refractivity contribution in [3.8, 4) is 12.1 Å². The Bertz CT molecular complexity index is 1040. The van der Waals surface area contributed by atoms with E-state index in [0.29, 0.717) is 0 Å². The number of nitriles is 2. The fourth-order valence-corrected chi connectivity index (χ4v) is 3.95. The second-order valence-electron chi connectivity index (χ2n) is 5.92. The molecule has 0 aliphatic carbocycles. The van der Waals surface area contributed by atoms with E-state index in [-0.39, 0.29) is 44.9 Å². The van der Waals surface area contributed by atoms with Gasteiger partial charge in [-0.05, 0) is 12.1 Å². The van der Waals surface area contributed by atoms with Gasteiger partial charge in [0.05, 0.1) is 39.6 Å². The molecule has 0 aromatic heterocycles. The SMILES string of the molecule is C=CC1(CC#N)N=C(C(=C(N)C#N)S(=O)CC)Nc2c(Cl)cc(C(F)(F)F)cc21. The summed E-state index contributed by atoms with van der Waals surface area (Å²) in [5.41, 5.74) is 2.71. The number of alkyl halides is 3. The number of aliphatic imine (C=N–C) groups is 1. The average Bonchev–Trinajstić information content (AvgIpc) is 2.67. The van der Waals surface area contributed by atoms with Gasteiger partial charge in [0.25, 0.3) is 0 Å². The van der Waals surface area contributed by atoms with Crippen LogP contribution in [0.5, 0.6) is 0 Å². The number of hydrogen-bond acceptors (Lipinski definition) is 6. The minimum Gasteiger partial charge on any atom is -0.389 e. The minimum atomic E-state index is -4.68. The van der Waals surface area contributed by atoms with Crippen LogP contribution in [0.25, 0.3) is 0 Å². The van der Waals surface area contributed by atoms with Crippen LogP contribution in [0.15, 0.2) is 40.4 Å². The van der Waals surface area contributed by atoms with Crippen molar-refractivity contribution in [1.82, 2.24) is 0 Å². The molecule has 0 spiro atoms. The molecular formula is C18H15ClF3N5OS. The highest BCUT2D eigenvalue weighted by Gasteiger charge is 2.41. The predicted molar refractivity (Wildman–Crippen MR) is 105 cm³/mol. The number of allylic oxidation sites excluding steroid dienone is 1. The smallest absolute Gasteiger partial charge is 0.389 e. The Hall–Kier alpha value is -2.82. The van der Waals surface area contributed by atoms with E-state index in [4.69, 9.17) is 17.3 Å². The normalized spacial score (nSPS) is 20.2. The molecule has 152 valence electrons. The van der Waals surface area contributed by atoms with E-state index in [2.05, 4.69) is 16.9 Å². The summed E-state index contributed by atoms with van der Waals surface area (Å²) >= 11 is 6.11. The molecular weight excluding hydrogens is 427 g/mol. The molecule has 11 heteroatoms. The lowest BCUT2D eigenvalue weighted by Gasteiger charge is -2.34. The molecule has 2 rings (SSSR count). The van der Waals surface area contributed by atoms with Gasteiger partial charge < -0.3 is 11.1 Å². The van der Waals surface area contributed by atoms with Gasteiger partial charge in [0.15, 0.2) is 0 Å². The average molecular weight is 442 g/mol. The molecule has 2 atom stereocenters. The first-order valence-corrected chi connectivity index (χ1v) is 9.81. The summed E-state index contributed by atoms with van der Waals surface area (Å²) in [6.45, 7) is 5.21. The lowest BCUT2D eigenvalue weighted by molar-refractivity contribution is -0.137. The highest BCUT2D eigenvalue weighted by Crippen LogP contribution is 2.46. The van der Waals surface area contributed by atoms with Gasteiger partial charge >= 0.3 is 6.18 Å². The molecule has 1 aliphatic heterocycles. The molecule has 0 bridgehead atoms. The number of hydrogen-bond donors (Lipinski definition) is 2. The number of fused-ring (bicyclic) bond motifs is 1. The van der Waals surface area contributed by atoms with Gasteiger partial charge in [0.1, 0.15) is 28.0 Å². The summed E-state index contributed by atoms with van der Waals surface area (Å²) < 4.78 is 52.3. The largest absolute Gasteiger partial charge is 0.416 e. The number of amidine groups is 1. The van der Waals surface area contributed by atoms with E-state index in [1.165, 1.54) is 6.08 Å². The molecule has 0 fully saturated rings. The van der Waals surface area contributed by atoms with Gasteiger partial charge in [0.2, 0.25) is 0 Å². The molecule has 0 saturated heterocycles. The minimum absolute atomic E-state index is 0.0187. The first-order valence-electron chi connectivity index (χ1n) is 8.11. The van der Waals surface area contributed by atoms with E-state index in [1.807, 2.05) is 6.07 Å². The van der Waals surface area contributed by atoms with Crippen LogP contribution in [-0.4, -0.2) is 15.8 Å². The number of nitrogens with one attached hydrogen (secondary N) is 1. The molecule has 6 nitrogen and oxygen atoms in total. The monoisotopic (exact) mass is 441 g/mol. The van der Waals surface area contributed by atoms with Crippen molar-refractivity contribution < 1.29 is 17.4 Å². The molecule has 0 amide bonds. The fraction of sp³-hybridized carbons (Fsp3) is 0.278. The molecule has 3 N–H and O–H groups in total. The third kappa shape index (κ3) is 4.14. The highest BCUT2D eigenvalue weighted by atomic mass is 35.5. The zero-order valence-electron chi connectivity index (χ0n) is 15.1. The van der Waals surface area contributed by atoms with Crippen molar-refractivity contribution in [2.45, 2.75) is 25.1 Å². The summed E-state index contributed by atoms with van der Waals surface area (Å²) in [6, 6.07) is 5.13. The number of halogens is 4. The maximum absolute atomic E-state index is 13.3. The van der Waals surface area contributed by atoms with E-state index in [9.17, 15) is 27.9 Å². The van der Waals surface area contributed by atoms with E-state index in [1.54, 1.807) is 13.0 Å². The standard InChI is InChI=1S/C18H15ClF3N5OS/c1-3-17(5-6-23)11-7-10(18(20,21)22)8-12(19)14(11)26-16(27-17)15(13(25)9-24)29(28)4-2/h3,7-8H,1,4-5,25H2,2H3,(H,26,27). The Balaban J connectivity index is 2.88. The number of nitrogens with two attached hydrogens (primary N) is 1. The summed E-state index contributed by atoms with van der Waals surface area (Å²) in [6.07, 6.45) is -3.84. The second-order valence-corrected chi connectivity index (χ2v) is 8.00. The van der Waals surface area contributed by atoms with Crippen LogP contribution in [0, 0.1) is 22.7 Å². The van der Waals surface area contributed by atoms with Crippen LogP contribution in [-0.2, 0) is 22.5 Å². The maximum atomic E-state index is 13.3. The maximum Gasteiger partial charge on any atom is 0.416 e. The molecule has 1 aromatic rings. The highest BCUT2D eigenvalue weighted by molar-refractivity contribution is 7.90. The van der Waals surface area contributed by atoms with Crippen molar-refractivity contribution in [2.75, 3.05) is 11.1 Å². The zero-order chi connectivity index (χ0) is 22.0. The van der Waals surface area contributed by atoms with Crippen LogP contribution < -0.4 is 11.1 Å². The third-order valence-corrected chi connectivity index (χ3v) is 5.89. The summed E-state index contributed by atoms with van der Waals surface area (Å²) in [5.74, 6) is -0.0146. The Kier molecular flexibility index (Phi) is 6.41. The first-order chi connectivity index (χ1) is 13.5. The lowest BCUT2D eigenvalue weighted by atomic mass is 9.84. The van der Waals surface area contributed by atoms with Crippen molar-refractivity contribution in [3.63, 3.8) is 0 Å². The van der Waals surface area contributed by atoms with E-state index < -0.39 is 28.1 Å². The third-order valence-electron chi connectivity index (χ3n) is 4.19. The van der Waals surface area contributed by atoms with Crippen LogP contribution in [0.2, 0.25) is 5.02 Å². The Morgan fingerprint density at radius 2 is 2.14 bits per heavy atom. The zero-order valence-corrected chi connectivity index (χ0v) is 16.7. The van der Waals surface area contributed by atoms with Crippen molar-refractivity contribution >= 4 is 33.9 Å². The number of benzene rings is 1. The fourth-order valence-electron chi connectivity index (χ4n) is 2.79. The molecule has 0 saturated carbocycles. The molecule has 2 unspecified atom stereocenters. The van der Waals surface area contributed by atoms with E-state index >= 15 is 0 Å². The first kappa shape index (κ1) is 22.5. The number of anilines is 1. The topological polar surface area (TPSA) is 115 Å². The van der Waals surface area contributed by atoms with Gasteiger partial charge in [-0.1, -0.05) is 24.6 Å². The van der Waals surface area contributed by atoms with Gasteiger partial charge in [-0.25, -0.2) is 0 Å². The van der Waals surface area contributed by atoms with Crippen molar-refractivity contribution in [2.24, 2.45) is 10.7 Å². The quantitative estimate of drug-likeness (QED) is 0.530. The van der Waals surface area contributed by atoms with Crippen molar-refractivity contribution in [1.29, 1.82) is 10.5 Å². The summed E-state index contributed by atoms with van der Waals surface area (Å²) in [5, 5.41) is 20.9. The van der Waals surface area contributed by atoms with Crippen LogP contribution >= 0.6 is 11.6 Å². The summed E-state index contributed by atoms with van der Waals surface area (Å²) in [4.78, 5) is 4.20. The molecule has 0 radical (unpaired) electrons. The predicted octanol–water partition coefficient (Wildman–Crippen LogP) is 3.94. The summed E-state index contributed by atoms with van der Waals surface area (Å²) in [7, 11) is -1.73. The Morgan fingerprint density at radius 1 is 1.48 bits per heavy atom. The molecule has 1 heterocycles. The van der Waals surface area contributed by atoms with Crippen LogP contribution in [0.4, 0.5) is 18.9 Å². The van der Waals surface area contributed by atoms with Gasteiger partial charge in [-0.15, -0.1) is 6.58 Å². The molecule has 29 heavy (non-hydrogen) atoms. The lowest BCUT2D eigenvalue weighted by Crippen LogP contribution is -2.35. The van der Waals surface area contributed by atoms with Crippen molar-refractivity contribution in [3.05, 3.63) is 51.5 Å². The molecule has 1 aliphatic rings. The number of rotatable bonds is 5. The van der Waals surface area contributed by atoms with Crippen LogP contribution in [0.1, 0.15) is 24.5 Å². The van der Waals surface area contributed by atoms with E-state index in [0.717, 1.165) is 12.1 Å². The number of nitrogens with zero attached hydrogens (tertiary/aromatic N) is 3.